The van der Waals surface area contributed by atoms with Crippen LogP contribution in [0.4, 0.5) is 0 Å². The molecule has 4 heteroatoms. The minimum Gasteiger partial charge on any atom is -0.462 e. The van der Waals surface area contributed by atoms with Crippen LogP contribution in [-0.2, 0) is 19.1 Å². The van der Waals surface area contributed by atoms with Gasteiger partial charge in [0.2, 0.25) is 0 Å². The largest absolute Gasteiger partial charge is 0.462 e. The van der Waals surface area contributed by atoms with E-state index >= 15 is 0 Å². The zero-order chi connectivity index (χ0) is 11.3. The van der Waals surface area contributed by atoms with E-state index in [-0.39, 0.29) is 12.2 Å². The van der Waals surface area contributed by atoms with Gasteiger partial charge in [0.15, 0.2) is 5.92 Å². The maximum absolute atomic E-state index is 11.3. The van der Waals surface area contributed by atoms with Gasteiger partial charge < -0.3 is 9.47 Å². The molecule has 0 unspecified atom stereocenters. The molecule has 82 valence electrons. The molecule has 0 amide bonds. The van der Waals surface area contributed by atoms with Gasteiger partial charge in [0, 0.05) is 0 Å². The average Bonchev–Trinajstić information content (AvgIpc) is 2.00. The molecule has 0 saturated carbocycles. The van der Waals surface area contributed by atoms with Crippen LogP contribution in [0.2, 0.25) is 0 Å². The molecule has 0 aliphatic heterocycles. The molecule has 0 saturated heterocycles. The van der Waals surface area contributed by atoms with Gasteiger partial charge in [-0.05, 0) is 34.6 Å². The average molecular weight is 202 g/mol. The zero-order valence-corrected chi connectivity index (χ0v) is 9.37. The quantitative estimate of drug-likeness (QED) is 0.512. The molecule has 0 spiro atoms. The lowest BCUT2D eigenvalue weighted by Crippen LogP contribution is -2.28. The third-order valence-electron chi connectivity index (χ3n) is 1.41. The van der Waals surface area contributed by atoms with Crippen LogP contribution in [-0.4, -0.2) is 24.1 Å². The topological polar surface area (TPSA) is 52.6 Å². The number of esters is 2. The molecule has 0 bridgehead atoms. The molecule has 0 aliphatic carbocycles. The highest BCUT2D eigenvalue weighted by molar-refractivity contribution is 5.94. The van der Waals surface area contributed by atoms with Gasteiger partial charge >= 0.3 is 11.9 Å². The van der Waals surface area contributed by atoms with Crippen molar-refractivity contribution in [3.8, 4) is 0 Å². The SMILES string of the molecule is CC(C)OC(=O)C(C)C(=O)OC(C)C. The number of ether oxygens (including phenoxy) is 2. The maximum Gasteiger partial charge on any atom is 0.320 e. The Bertz CT molecular complexity index is 186. The van der Waals surface area contributed by atoms with Gasteiger partial charge in [-0.1, -0.05) is 0 Å². The fraction of sp³-hybridized carbons (Fsp3) is 0.800. The van der Waals surface area contributed by atoms with Crippen LogP contribution in [0.5, 0.6) is 0 Å². The smallest absolute Gasteiger partial charge is 0.320 e. The number of carbonyl (C=O) groups excluding carboxylic acids is 2. The summed E-state index contributed by atoms with van der Waals surface area (Å²) in [6.07, 6.45) is -0.423. The van der Waals surface area contributed by atoms with E-state index in [4.69, 9.17) is 9.47 Å². The second-order valence-electron chi connectivity index (χ2n) is 3.69. The molecular formula is C10H18O4. The van der Waals surface area contributed by atoms with Crippen molar-refractivity contribution >= 4 is 11.9 Å². The molecule has 0 radical (unpaired) electrons. The predicted molar refractivity (Wildman–Crippen MR) is 51.6 cm³/mol. The Morgan fingerprint density at radius 1 is 0.786 bits per heavy atom. The Kier molecular flexibility index (Phi) is 5.20. The molecule has 14 heavy (non-hydrogen) atoms. The molecule has 0 aromatic heterocycles. The van der Waals surface area contributed by atoms with Gasteiger partial charge in [0.25, 0.3) is 0 Å². The lowest BCUT2D eigenvalue weighted by Gasteiger charge is -2.14. The van der Waals surface area contributed by atoms with E-state index in [1.165, 1.54) is 6.92 Å². The molecule has 0 aromatic rings. The molecule has 0 aliphatic rings. The van der Waals surface area contributed by atoms with Crippen molar-refractivity contribution < 1.29 is 19.1 Å². The van der Waals surface area contributed by atoms with Gasteiger partial charge in [0.05, 0.1) is 12.2 Å². The molecule has 0 N–H and O–H groups in total. The molecule has 0 rings (SSSR count). The van der Waals surface area contributed by atoms with Crippen LogP contribution >= 0.6 is 0 Å². The van der Waals surface area contributed by atoms with Gasteiger partial charge in [-0.15, -0.1) is 0 Å². The monoisotopic (exact) mass is 202 g/mol. The molecule has 0 heterocycles. The first kappa shape index (κ1) is 12.9. The Hall–Kier alpha value is -1.06. The van der Waals surface area contributed by atoms with Crippen molar-refractivity contribution in [1.82, 2.24) is 0 Å². The summed E-state index contributed by atoms with van der Waals surface area (Å²) < 4.78 is 9.75. The highest BCUT2D eigenvalue weighted by Crippen LogP contribution is 2.05. The number of carbonyl (C=O) groups is 2. The van der Waals surface area contributed by atoms with E-state index in [2.05, 4.69) is 0 Å². The fourth-order valence-electron chi connectivity index (χ4n) is 0.765. The summed E-state index contributed by atoms with van der Waals surface area (Å²) in [5.41, 5.74) is 0. The first-order valence-electron chi connectivity index (χ1n) is 4.75. The van der Waals surface area contributed by atoms with Crippen LogP contribution in [0.25, 0.3) is 0 Å². The second-order valence-corrected chi connectivity index (χ2v) is 3.69. The minimum atomic E-state index is -0.847. The van der Waals surface area contributed by atoms with Crippen LogP contribution in [0.1, 0.15) is 34.6 Å². The van der Waals surface area contributed by atoms with E-state index in [9.17, 15) is 9.59 Å². The normalized spacial score (nSPS) is 10.9. The van der Waals surface area contributed by atoms with Crippen LogP contribution < -0.4 is 0 Å². The highest BCUT2D eigenvalue weighted by atomic mass is 16.6. The molecule has 0 aromatic carbocycles. The summed E-state index contributed by atoms with van der Waals surface area (Å²) in [5, 5.41) is 0. The maximum atomic E-state index is 11.3. The Morgan fingerprint density at radius 3 is 1.29 bits per heavy atom. The van der Waals surface area contributed by atoms with Crippen LogP contribution in [0.15, 0.2) is 0 Å². The van der Waals surface area contributed by atoms with Gasteiger partial charge in [-0.25, -0.2) is 0 Å². The Labute approximate surface area is 84.6 Å². The Morgan fingerprint density at radius 2 is 1.07 bits per heavy atom. The standard InChI is InChI=1S/C10H18O4/c1-6(2)13-9(11)8(5)10(12)14-7(3)4/h6-8H,1-5H3. The van der Waals surface area contributed by atoms with E-state index in [0.29, 0.717) is 0 Å². The summed E-state index contributed by atoms with van der Waals surface area (Å²) in [7, 11) is 0. The van der Waals surface area contributed by atoms with E-state index in [1.807, 2.05) is 0 Å². The van der Waals surface area contributed by atoms with E-state index in [1.54, 1.807) is 27.7 Å². The first-order chi connectivity index (χ1) is 6.34. The summed E-state index contributed by atoms with van der Waals surface area (Å²) in [5.74, 6) is -1.92. The zero-order valence-electron chi connectivity index (χ0n) is 9.37. The molecule has 0 atom stereocenters. The van der Waals surface area contributed by atoms with Crippen LogP contribution in [0, 0.1) is 5.92 Å². The van der Waals surface area contributed by atoms with Gasteiger partial charge in [0.1, 0.15) is 0 Å². The third kappa shape index (κ3) is 4.84. The number of rotatable bonds is 4. The Balaban J connectivity index is 4.11. The van der Waals surface area contributed by atoms with E-state index < -0.39 is 17.9 Å². The lowest BCUT2D eigenvalue weighted by atomic mass is 10.2. The predicted octanol–water partition coefficient (Wildman–Crippen LogP) is 1.53. The van der Waals surface area contributed by atoms with Crippen molar-refractivity contribution in [3.63, 3.8) is 0 Å². The van der Waals surface area contributed by atoms with E-state index in [0.717, 1.165) is 0 Å². The first-order valence-corrected chi connectivity index (χ1v) is 4.75. The summed E-state index contributed by atoms with van der Waals surface area (Å²) in [4.78, 5) is 22.5. The third-order valence-corrected chi connectivity index (χ3v) is 1.41. The summed E-state index contributed by atoms with van der Waals surface area (Å²) in [6.45, 7) is 8.42. The van der Waals surface area contributed by atoms with Crippen LogP contribution in [0.3, 0.4) is 0 Å². The summed E-state index contributed by atoms with van der Waals surface area (Å²) in [6, 6.07) is 0. The van der Waals surface area contributed by atoms with Gasteiger partial charge in [-0.2, -0.15) is 0 Å². The minimum absolute atomic E-state index is 0.211. The molecular weight excluding hydrogens is 184 g/mol. The highest BCUT2D eigenvalue weighted by Gasteiger charge is 2.25. The van der Waals surface area contributed by atoms with Crippen molar-refractivity contribution in [2.24, 2.45) is 5.92 Å². The van der Waals surface area contributed by atoms with Crippen molar-refractivity contribution in [3.05, 3.63) is 0 Å². The fourth-order valence-corrected chi connectivity index (χ4v) is 0.765. The van der Waals surface area contributed by atoms with Gasteiger partial charge in [-0.3, -0.25) is 9.59 Å². The lowest BCUT2D eigenvalue weighted by molar-refractivity contribution is -0.165. The molecule has 4 nitrogen and oxygen atoms in total. The van der Waals surface area contributed by atoms with Crippen molar-refractivity contribution in [1.29, 1.82) is 0 Å². The second kappa shape index (κ2) is 5.62. The number of hydrogen-bond donors (Lipinski definition) is 0. The number of hydrogen-bond acceptors (Lipinski definition) is 4. The van der Waals surface area contributed by atoms with Crippen molar-refractivity contribution in [2.75, 3.05) is 0 Å². The molecule has 0 fully saturated rings. The summed E-state index contributed by atoms with van der Waals surface area (Å²) >= 11 is 0. The van der Waals surface area contributed by atoms with Crippen molar-refractivity contribution in [2.45, 2.75) is 46.8 Å².